The molecule has 1 saturated heterocycles. The molecule has 0 bridgehead atoms. The highest BCUT2D eigenvalue weighted by Crippen LogP contribution is 2.34. The molecule has 2 aromatic carbocycles. The Balaban J connectivity index is 1.20. The van der Waals surface area contributed by atoms with Crippen LogP contribution in [-0.4, -0.2) is 35.4 Å². The first-order chi connectivity index (χ1) is 15.0. The molecule has 31 heavy (non-hydrogen) atoms. The van der Waals surface area contributed by atoms with E-state index < -0.39 is 0 Å². The molecule has 1 aliphatic rings. The SMILES string of the molecule is Cc1ccc2sc(CCC(=O)NCCCN3CCCC3c3ccc(Cl)c(Cl)c3)nc2c1. The van der Waals surface area contributed by atoms with Gasteiger partial charge in [-0.15, -0.1) is 11.3 Å². The third-order valence-electron chi connectivity index (χ3n) is 5.79. The van der Waals surface area contributed by atoms with Crippen molar-refractivity contribution in [3.63, 3.8) is 0 Å². The number of thiazole rings is 1. The number of likely N-dealkylation sites (tertiary alicyclic amines) is 1. The largest absolute Gasteiger partial charge is 0.356 e. The van der Waals surface area contributed by atoms with Crippen molar-refractivity contribution in [1.82, 2.24) is 15.2 Å². The molecule has 1 N–H and O–H groups in total. The van der Waals surface area contributed by atoms with E-state index in [0.29, 0.717) is 35.5 Å². The molecule has 4 nitrogen and oxygen atoms in total. The van der Waals surface area contributed by atoms with Crippen LogP contribution < -0.4 is 5.32 Å². The normalized spacial score (nSPS) is 16.8. The van der Waals surface area contributed by atoms with Gasteiger partial charge in [-0.3, -0.25) is 9.69 Å². The zero-order valence-corrected chi connectivity index (χ0v) is 20.0. The van der Waals surface area contributed by atoms with Gasteiger partial charge in [0.15, 0.2) is 0 Å². The van der Waals surface area contributed by atoms with Crippen molar-refractivity contribution in [3.05, 3.63) is 62.6 Å². The van der Waals surface area contributed by atoms with Crippen LogP contribution in [0.1, 0.15) is 47.9 Å². The molecule has 7 heteroatoms. The van der Waals surface area contributed by atoms with E-state index in [9.17, 15) is 4.79 Å². The lowest BCUT2D eigenvalue weighted by Gasteiger charge is -2.25. The predicted molar refractivity (Wildman–Crippen MR) is 130 cm³/mol. The van der Waals surface area contributed by atoms with Crippen LogP contribution in [0.5, 0.6) is 0 Å². The maximum absolute atomic E-state index is 12.3. The molecule has 0 spiro atoms. The quantitative estimate of drug-likeness (QED) is 0.395. The number of hydrogen-bond acceptors (Lipinski definition) is 4. The number of nitrogens with zero attached hydrogens (tertiary/aromatic N) is 2. The van der Waals surface area contributed by atoms with Crippen molar-refractivity contribution in [2.45, 2.75) is 45.1 Å². The summed E-state index contributed by atoms with van der Waals surface area (Å²) in [4.78, 5) is 19.4. The average molecular weight is 476 g/mol. The fourth-order valence-electron chi connectivity index (χ4n) is 4.20. The fourth-order valence-corrected chi connectivity index (χ4v) is 5.46. The third-order valence-corrected chi connectivity index (χ3v) is 7.62. The minimum absolute atomic E-state index is 0.0953. The Bertz CT molecular complexity index is 1070. The molecule has 164 valence electrons. The first-order valence-electron chi connectivity index (χ1n) is 10.8. The number of halogens is 2. The molecule has 1 amide bonds. The first kappa shape index (κ1) is 22.5. The molecule has 4 rings (SSSR count). The van der Waals surface area contributed by atoms with Gasteiger partial charge in [0.1, 0.15) is 0 Å². The van der Waals surface area contributed by atoms with Gasteiger partial charge in [0.25, 0.3) is 0 Å². The number of rotatable bonds is 8. The van der Waals surface area contributed by atoms with Gasteiger partial charge in [-0.1, -0.05) is 35.3 Å². The Kier molecular flexibility index (Phi) is 7.49. The molecule has 0 radical (unpaired) electrons. The predicted octanol–water partition coefficient (Wildman–Crippen LogP) is 6.19. The van der Waals surface area contributed by atoms with E-state index in [4.69, 9.17) is 23.2 Å². The molecule has 1 unspecified atom stereocenters. The Labute approximate surface area is 197 Å². The van der Waals surface area contributed by atoms with Crippen LogP contribution in [0.3, 0.4) is 0 Å². The van der Waals surface area contributed by atoms with Crippen molar-refractivity contribution in [2.75, 3.05) is 19.6 Å². The number of nitrogens with one attached hydrogen (secondary N) is 1. The lowest BCUT2D eigenvalue weighted by atomic mass is 10.0. The Morgan fingerprint density at radius 2 is 2.10 bits per heavy atom. The van der Waals surface area contributed by atoms with Crippen LogP contribution >= 0.6 is 34.5 Å². The molecular formula is C24H27Cl2N3OS. The van der Waals surface area contributed by atoms with Crippen molar-refractivity contribution in [3.8, 4) is 0 Å². The summed E-state index contributed by atoms with van der Waals surface area (Å²) in [7, 11) is 0. The van der Waals surface area contributed by atoms with E-state index >= 15 is 0 Å². The number of aryl methyl sites for hydroxylation is 2. The maximum atomic E-state index is 12.3. The Morgan fingerprint density at radius 3 is 2.94 bits per heavy atom. The van der Waals surface area contributed by atoms with E-state index in [1.54, 1.807) is 11.3 Å². The fraction of sp³-hybridized carbons (Fsp3) is 0.417. The van der Waals surface area contributed by atoms with Crippen molar-refractivity contribution in [1.29, 1.82) is 0 Å². The van der Waals surface area contributed by atoms with Gasteiger partial charge in [0.05, 0.1) is 25.3 Å². The van der Waals surface area contributed by atoms with Gasteiger partial charge in [-0.25, -0.2) is 4.98 Å². The molecule has 1 aromatic heterocycles. The molecule has 2 heterocycles. The molecule has 1 atom stereocenters. The summed E-state index contributed by atoms with van der Waals surface area (Å²) in [5.74, 6) is 0.0953. The van der Waals surface area contributed by atoms with Crippen LogP contribution in [0.25, 0.3) is 10.2 Å². The minimum atomic E-state index is 0.0953. The second-order valence-electron chi connectivity index (χ2n) is 8.15. The summed E-state index contributed by atoms with van der Waals surface area (Å²) in [5, 5.41) is 5.30. The van der Waals surface area contributed by atoms with Gasteiger partial charge in [-0.2, -0.15) is 0 Å². The van der Waals surface area contributed by atoms with Crippen molar-refractivity contribution in [2.24, 2.45) is 0 Å². The number of benzene rings is 2. The monoisotopic (exact) mass is 475 g/mol. The van der Waals surface area contributed by atoms with E-state index in [-0.39, 0.29) is 5.91 Å². The minimum Gasteiger partial charge on any atom is -0.356 e. The summed E-state index contributed by atoms with van der Waals surface area (Å²) in [6.07, 6.45) is 4.42. The highest BCUT2D eigenvalue weighted by atomic mass is 35.5. The van der Waals surface area contributed by atoms with Gasteiger partial charge in [0, 0.05) is 32.0 Å². The molecule has 1 aliphatic heterocycles. The lowest BCUT2D eigenvalue weighted by Crippen LogP contribution is -2.30. The summed E-state index contributed by atoms with van der Waals surface area (Å²) in [6.45, 7) is 4.81. The van der Waals surface area contributed by atoms with Crippen LogP contribution in [0.4, 0.5) is 0 Å². The molecule has 1 fully saturated rings. The summed E-state index contributed by atoms with van der Waals surface area (Å²) in [5.41, 5.74) is 3.46. The maximum Gasteiger partial charge on any atom is 0.220 e. The van der Waals surface area contributed by atoms with Gasteiger partial charge >= 0.3 is 0 Å². The van der Waals surface area contributed by atoms with Crippen LogP contribution in [-0.2, 0) is 11.2 Å². The molecular weight excluding hydrogens is 449 g/mol. The smallest absolute Gasteiger partial charge is 0.220 e. The van der Waals surface area contributed by atoms with Crippen LogP contribution in [0, 0.1) is 6.92 Å². The van der Waals surface area contributed by atoms with Crippen molar-refractivity contribution >= 4 is 50.7 Å². The van der Waals surface area contributed by atoms with Crippen LogP contribution in [0.15, 0.2) is 36.4 Å². The van der Waals surface area contributed by atoms with Crippen LogP contribution in [0.2, 0.25) is 10.0 Å². The Hall–Kier alpha value is -1.66. The molecule has 0 aliphatic carbocycles. The number of aromatic nitrogens is 1. The summed E-state index contributed by atoms with van der Waals surface area (Å²) < 4.78 is 1.18. The number of carbonyl (C=O) groups is 1. The van der Waals surface area contributed by atoms with E-state index in [0.717, 1.165) is 36.5 Å². The van der Waals surface area contributed by atoms with E-state index in [2.05, 4.69) is 46.4 Å². The average Bonchev–Trinajstić information content (AvgIpc) is 3.38. The lowest BCUT2D eigenvalue weighted by molar-refractivity contribution is -0.121. The second kappa shape index (κ2) is 10.3. The number of carbonyl (C=O) groups excluding carboxylic acids is 1. The van der Waals surface area contributed by atoms with Gasteiger partial charge < -0.3 is 5.32 Å². The van der Waals surface area contributed by atoms with Gasteiger partial charge in [0.2, 0.25) is 5.91 Å². The number of fused-ring (bicyclic) bond motifs is 1. The second-order valence-corrected chi connectivity index (χ2v) is 10.1. The number of hydrogen-bond donors (Lipinski definition) is 1. The third kappa shape index (κ3) is 5.78. The Morgan fingerprint density at radius 1 is 1.23 bits per heavy atom. The number of amides is 1. The van der Waals surface area contributed by atoms with Gasteiger partial charge in [-0.05, 0) is 68.1 Å². The topological polar surface area (TPSA) is 45.2 Å². The molecule has 0 saturated carbocycles. The zero-order chi connectivity index (χ0) is 21.8. The van der Waals surface area contributed by atoms with E-state index in [1.807, 2.05) is 12.1 Å². The standard InChI is InChI=1S/C24H27Cl2N3OS/c1-16-5-8-22-20(14-16)28-24(31-22)10-9-23(30)27-11-3-13-29-12-2-4-21(29)17-6-7-18(25)19(26)15-17/h5-8,14-15,21H,2-4,9-13H2,1H3,(H,27,30). The highest BCUT2D eigenvalue weighted by Gasteiger charge is 2.25. The first-order valence-corrected chi connectivity index (χ1v) is 12.4. The van der Waals surface area contributed by atoms with E-state index in [1.165, 1.54) is 22.2 Å². The zero-order valence-electron chi connectivity index (χ0n) is 17.7. The summed E-state index contributed by atoms with van der Waals surface area (Å²) in [6, 6.07) is 12.6. The molecule has 3 aromatic rings. The highest BCUT2D eigenvalue weighted by molar-refractivity contribution is 7.18. The summed E-state index contributed by atoms with van der Waals surface area (Å²) >= 11 is 13.9. The van der Waals surface area contributed by atoms with Crippen molar-refractivity contribution < 1.29 is 4.79 Å².